The van der Waals surface area contributed by atoms with Crippen LogP contribution in [0.4, 0.5) is 0 Å². The van der Waals surface area contributed by atoms with Crippen molar-refractivity contribution in [2.24, 2.45) is 5.92 Å². The minimum Gasteiger partial charge on any atom is -0.356 e. The van der Waals surface area contributed by atoms with Gasteiger partial charge in [-0.1, -0.05) is 0 Å². The summed E-state index contributed by atoms with van der Waals surface area (Å²) < 4.78 is 0. The number of aromatic nitrogens is 2. The molecule has 0 saturated carbocycles. The highest BCUT2D eigenvalue weighted by atomic mass is 32.1. The molecule has 3 rings (SSSR count). The highest BCUT2D eigenvalue weighted by Gasteiger charge is 2.14. The summed E-state index contributed by atoms with van der Waals surface area (Å²) in [5, 5.41) is 9.19. The molecule has 116 valence electrons. The van der Waals surface area contributed by atoms with Gasteiger partial charge in [0.2, 0.25) is 5.91 Å². The number of hydrogen-bond donors (Lipinski definition) is 2. The van der Waals surface area contributed by atoms with Crippen molar-refractivity contribution in [1.29, 1.82) is 0 Å². The lowest BCUT2D eigenvalue weighted by molar-refractivity contribution is -0.120. The van der Waals surface area contributed by atoms with Crippen LogP contribution in [0.15, 0.2) is 29.9 Å². The quantitative estimate of drug-likeness (QED) is 0.854. The summed E-state index contributed by atoms with van der Waals surface area (Å²) in [5.74, 6) is 0.755. The Kier molecular flexibility index (Phi) is 5.13. The smallest absolute Gasteiger partial charge is 0.226 e. The fourth-order valence-corrected chi connectivity index (χ4v) is 3.42. The molecule has 0 aromatic carbocycles. The van der Waals surface area contributed by atoms with Crippen molar-refractivity contribution in [3.63, 3.8) is 0 Å². The van der Waals surface area contributed by atoms with Crippen LogP contribution < -0.4 is 10.6 Å². The molecule has 22 heavy (non-hydrogen) atoms. The third-order valence-corrected chi connectivity index (χ3v) is 4.78. The number of carbonyl (C=O) groups is 1. The first kappa shape index (κ1) is 15.1. The number of pyridine rings is 1. The maximum Gasteiger partial charge on any atom is 0.226 e. The Labute approximate surface area is 134 Å². The van der Waals surface area contributed by atoms with Gasteiger partial charge < -0.3 is 10.6 Å². The van der Waals surface area contributed by atoms with Crippen LogP contribution in [0.5, 0.6) is 0 Å². The minimum atomic E-state index is 0.0500. The number of nitrogens with zero attached hydrogens (tertiary/aromatic N) is 2. The van der Waals surface area contributed by atoms with E-state index < -0.39 is 0 Å². The monoisotopic (exact) mass is 316 g/mol. The summed E-state index contributed by atoms with van der Waals surface area (Å²) >= 11 is 1.55. The first-order valence-electron chi connectivity index (χ1n) is 7.63. The van der Waals surface area contributed by atoms with Gasteiger partial charge in [0, 0.05) is 29.9 Å². The summed E-state index contributed by atoms with van der Waals surface area (Å²) in [6, 6.07) is 3.87. The zero-order valence-corrected chi connectivity index (χ0v) is 13.2. The van der Waals surface area contributed by atoms with Crippen molar-refractivity contribution in [1.82, 2.24) is 20.6 Å². The van der Waals surface area contributed by atoms with Crippen molar-refractivity contribution in [2.75, 3.05) is 19.6 Å². The van der Waals surface area contributed by atoms with Crippen LogP contribution in [-0.4, -0.2) is 35.5 Å². The van der Waals surface area contributed by atoms with E-state index in [0.29, 0.717) is 12.3 Å². The Morgan fingerprint density at radius 1 is 1.50 bits per heavy atom. The largest absolute Gasteiger partial charge is 0.356 e. The molecule has 0 radical (unpaired) electrons. The number of thiazole rings is 1. The van der Waals surface area contributed by atoms with Crippen LogP contribution in [0, 0.1) is 5.92 Å². The van der Waals surface area contributed by atoms with E-state index >= 15 is 0 Å². The van der Waals surface area contributed by atoms with E-state index in [-0.39, 0.29) is 5.91 Å². The number of carbonyl (C=O) groups excluding carboxylic acids is 1. The minimum absolute atomic E-state index is 0.0500. The molecule has 0 aliphatic carbocycles. The zero-order chi connectivity index (χ0) is 15.2. The van der Waals surface area contributed by atoms with E-state index in [4.69, 9.17) is 0 Å². The maximum atomic E-state index is 12.0. The molecule has 0 bridgehead atoms. The van der Waals surface area contributed by atoms with Crippen LogP contribution in [-0.2, 0) is 11.2 Å². The summed E-state index contributed by atoms with van der Waals surface area (Å²) in [6.07, 6.45) is 6.15. The molecule has 1 aliphatic heterocycles. The van der Waals surface area contributed by atoms with Crippen molar-refractivity contribution >= 4 is 17.2 Å². The lowest BCUT2D eigenvalue weighted by atomic mass is 10.1. The molecular formula is C16H20N4OS. The van der Waals surface area contributed by atoms with E-state index in [2.05, 4.69) is 20.6 Å². The SMILES string of the molecule is O=C(Cc1csc(-c2cccnc2)n1)NCCC1CCNC1. The second-order valence-corrected chi connectivity index (χ2v) is 6.42. The molecular weight excluding hydrogens is 296 g/mol. The summed E-state index contributed by atoms with van der Waals surface area (Å²) in [6.45, 7) is 2.94. The number of rotatable bonds is 6. The van der Waals surface area contributed by atoms with Gasteiger partial charge >= 0.3 is 0 Å². The van der Waals surface area contributed by atoms with E-state index in [0.717, 1.165) is 42.3 Å². The van der Waals surface area contributed by atoms with E-state index in [1.54, 1.807) is 23.7 Å². The molecule has 1 atom stereocenters. The van der Waals surface area contributed by atoms with Gasteiger partial charge in [-0.3, -0.25) is 9.78 Å². The van der Waals surface area contributed by atoms with Gasteiger partial charge in [0.1, 0.15) is 5.01 Å². The molecule has 1 aliphatic rings. The van der Waals surface area contributed by atoms with Crippen molar-refractivity contribution in [2.45, 2.75) is 19.3 Å². The predicted molar refractivity (Wildman–Crippen MR) is 87.7 cm³/mol. The molecule has 1 unspecified atom stereocenters. The Morgan fingerprint density at radius 2 is 2.45 bits per heavy atom. The van der Waals surface area contributed by atoms with E-state index in [1.165, 1.54) is 6.42 Å². The van der Waals surface area contributed by atoms with Gasteiger partial charge in [-0.2, -0.15) is 0 Å². The Hall–Kier alpha value is -1.79. The fraction of sp³-hybridized carbons (Fsp3) is 0.438. The third kappa shape index (κ3) is 4.11. The molecule has 5 nitrogen and oxygen atoms in total. The molecule has 1 amide bonds. The van der Waals surface area contributed by atoms with Crippen LogP contribution in [0.25, 0.3) is 10.6 Å². The average molecular weight is 316 g/mol. The summed E-state index contributed by atoms with van der Waals surface area (Å²) in [4.78, 5) is 20.6. The maximum absolute atomic E-state index is 12.0. The molecule has 2 N–H and O–H groups in total. The highest BCUT2D eigenvalue weighted by Crippen LogP contribution is 2.22. The lowest BCUT2D eigenvalue weighted by Crippen LogP contribution is -2.27. The van der Waals surface area contributed by atoms with Crippen LogP contribution >= 0.6 is 11.3 Å². The summed E-state index contributed by atoms with van der Waals surface area (Å²) in [7, 11) is 0. The summed E-state index contributed by atoms with van der Waals surface area (Å²) in [5.41, 5.74) is 1.82. The molecule has 2 aromatic rings. The molecule has 6 heteroatoms. The molecule has 2 aromatic heterocycles. The predicted octanol–water partition coefficient (Wildman–Crippen LogP) is 1.86. The van der Waals surface area contributed by atoms with E-state index in [9.17, 15) is 4.79 Å². The first-order chi connectivity index (χ1) is 10.8. The number of amides is 1. The zero-order valence-electron chi connectivity index (χ0n) is 12.4. The van der Waals surface area contributed by atoms with Crippen molar-refractivity contribution < 1.29 is 4.79 Å². The van der Waals surface area contributed by atoms with Gasteiger partial charge in [0.15, 0.2) is 0 Å². The van der Waals surface area contributed by atoms with Gasteiger partial charge in [0.25, 0.3) is 0 Å². The molecule has 3 heterocycles. The van der Waals surface area contributed by atoms with Gasteiger partial charge in [-0.25, -0.2) is 4.98 Å². The van der Waals surface area contributed by atoms with E-state index in [1.807, 2.05) is 17.5 Å². The van der Waals surface area contributed by atoms with Crippen LogP contribution in [0.1, 0.15) is 18.5 Å². The number of nitrogens with one attached hydrogen (secondary N) is 2. The fourth-order valence-electron chi connectivity index (χ4n) is 2.61. The standard InChI is InChI=1S/C16H20N4OS/c21-15(19-7-4-12-3-6-18-9-12)8-14-11-22-16(20-14)13-2-1-5-17-10-13/h1-2,5,10-12,18H,3-4,6-9H2,(H,19,21). The first-order valence-corrected chi connectivity index (χ1v) is 8.51. The van der Waals surface area contributed by atoms with Gasteiger partial charge in [0.05, 0.1) is 12.1 Å². The van der Waals surface area contributed by atoms with Gasteiger partial charge in [-0.05, 0) is 44.0 Å². The second kappa shape index (κ2) is 7.47. The Balaban J connectivity index is 1.46. The lowest BCUT2D eigenvalue weighted by Gasteiger charge is -2.08. The number of hydrogen-bond acceptors (Lipinski definition) is 5. The normalized spacial score (nSPS) is 17.5. The van der Waals surface area contributed by atoms with Crippen LogP contribution in [0.2, 0.25) is 0 Å². The average Bonchev–Trinajstić information content (AvgIpc) is 3.20. The highest BCUT2D eigenvalue weighted by molar-refractivity contribution is 7.13. The second-order valence-electron chi connectivity index (χ2n) is 5.56. The molecule has 0 spiro atoms. The molecule has 1 saturated heterocycles. The van der Waals surface area contributed by atoms with Crippen LogP contribution in [0.3, 0.4) is 0 Å². The topological polar surface area (TPSA) is 66.9 Å². The van der Waals surface area contributed by atoms with Crippen molar-refractivity contribution in [3.05, 3.63) is 35.6 Å². The Bertz CT molecular complexity index is 608. The Morgan fingerprint density at radius 3 is 3.23 bits per heavy atom. The van der Waals surface area contributed by atoms with Crippen molar-refractivity contribution in [3.8, 4) is 10.6 Å². The third-order valence-electron chi connectivity index (χ3n) is 3.84. The van der Waals surface area contributed by atoms with Gasteiger partial charge in [-0.15, -0.1) is 11.3 Å². The molecule has 1 fully saturated rings.